The molecular formula is C17H25N7O. The van der Waals surface area contributed by atoms with Crippen LogP contribution in [0.2, 0.25) is 0 Å². The summed E-state index contributed by atoms with van der Waals surface area (Å²) in [5, 5.41) is 11.0. The quantitative estimate of drug-likeness (QED) is 0.867. The maximum Gasteiger partial charge on any atom is 0.320 e. The van der Waals surface area contributed by atoms with Crippen LogP contribution in [0.25, 0.3) is 11.0 Å². The maximum absolute atomic E-state index is 12.0. The molecule has 0 spiro atoms. The lowest BCUT2D eigenvalue weighted by atomic mass is 10.2. The molecule has 2 N–H and O–H groups in total. The highest BCUT2D eigenvalue weighted by Gasteiger charge is 2.23. The number of hydrogen-bond donors (Lipinski definition) is 2. The molecule has 1 aliphatic carbocycles. The summed E-state index contributed by atoms with van der Waals surface area (Å²) in [4.78, 5) is 23.0. The lowest BCUT2D eigenvalue weighted by Crippen LogP contribution is -2.30. The van der Waals surface area contributed by atoms with Gasteiger partial charge in [-0.15, -0.1) is 0 Å². The predicted octanol–water partition coefficient (Wildman–Crippen LogP) is 1.99. The molecule has 0 aromatic carbocycles. The van der Waals surface area contributed by atoms with E-state index in [9.17, 15) is 4.79 Å². The number of nitrogens with one attached hydrogen (secondary N) is 2. The molecule has 2 aromatic rings. The van der Waals surface area contributed by atoms with E-state index in [-0.39, 0.29) is 6.03 Å². The van der Waals surface area contributed by atoms with Crippen molar-refractivity contribution in [2.75, 3.05) is 25.0 Å². The molecule has 25 heavy (non-hydrogen) atoms. The van der Waals surface area contributed by atoms with Crippen molar-refractivity contribution in [3.63, 3.8) is 0 Å². The predicted molar refractivity (Wildman–Crippen MR) is 95.4 cm³/mol. The van der Waals surface area contributed by atoms with Crippen LogP contribution in [0.4, 0.5) is 10.6 Å². The highest BCUT2D eigenvalue weighted by molar-refractivity contribution is 5.97. The molecule has 2 aliphatic rings. The molecule has 4 rings (SSSR count). The van der Waals surface area contributed by atoms with Crippen LogP contribution in [0.3, 0.4) is 0 Å². The van der Waals surface area contributed by atoms with E-state index < -0.39 is 0 Å². The van der Waals surface area contributed by atoms with Gasteiger partial charge in [0.15, 0.2) is 5.65 Å². The fourth-order valence-electron chi connectivity index (χ4n) is 3.31. The number of amides is 2. The minimum absolute atomic E-state index is 0.209. The largest absolute Gasteiger partial charge is 0.335 e. The Morgan fingerprint density at radius 1 is 1.12 bits per heavy atom. The number of likely N-dealkylation sites (tertiary alicyclic amines) is 1. The molecule has 0 bridgehead atoms. The second kappa shape index (κ2) is 7.35. The van der Waals surface area contributed by atoms with Gasteiger partial charge >= 0.3 is 6.03 Å². The average Bonchev–Trinajstić information content (AvgIpc) is 3.37. The van der Waals surface area contributed by atoms with Gasteiger partial charge in [-0.2, -0.15) is 5.10 Å². The topological polar surface area (TPSA) is 88.0 Å². The minimum atomic E-state index is -0.209. The van der Waals surface area contributed by atoms with E-state index in [1.54, 1.807) is 6.20 Å². The molecule has 3 heterocycles. The van der Waals surface area contributed by atoms with Gasteiger partial charge < -0.3 is 10.2 Å². The highest BCUT2D eigenvalue weighted by atomic mass is 16.2. The lowest BCUT2D eigenvalue weighted by Gasteiger charge is -2.19. The van der Waals surface area contributed by atoms with Gasteiger partial charge in [-0.1, -0.05) is 12.8 Å². The fraction of sp³-hybridized carbons (Fsp3) is 0.647. The number of fused-ring (bicyclic) bond motifs is 1. The first kappa shape index (κ1) is 16.3. The average molecular weight is 343 g/mol. The molecule has 0 radical (unpaired) electrons. The molecule has 1 saturated carbocycles. The van der Waals surface area contributed by atoms with Crippen LogP contribution in [-0.2, 0) is 6.54 Å². The summed E-state index contributed by atoms with van der Waals surface area (Å²) in [6, 6.07) is 0.105. The normalized spacial score (nSPS) is 18.9. The number of urea groups is 1. The van der Waals surface area contributed by atoms with E-state index in [1.165, 1.54) is 45.1 Å². The van der Waals surface area contributed by atoms with Crippen LogP contribution in [0.1, 0.15) is 38.5 Å². The van der Waals surface area contributed by atoms with Crippen molar-refractivity contribution in [2.45, 2.75) is 51.1 Å². The van der Waals surface area contributed by atoms with E-state index >= 15 is 0 Å². The smallest absolute Gasteiger partial charge is 0.320 e. The third kappa shape index (κ3) is 4.07. The summed E-state index contributed by atoms with van der Waals surface area (Å²) in [6.07, 6.45) is 10.6. The van der Waals surface area contributed by atoms with Gasteiger partial charge in [-0.3, -0.25) is 5.32 Å². The Labute approximate surface area is 147 Å². The number of hydrogen-bond acceptors (Lipinski definition) is 5. The van der Waals surface area contributed by atoms with Gasteiger partial charge in [-0.05, 0) is 38.8 Å². The van der Waals surface area contributed by atoms with Gasteiger partial charge in [0.1, 0.15) is 12.1 Å². The molecule has 2 fully saturated rings. The van der Waals surface area contributed by atoms with E-state index in [0.29, 0.717) is 11.9 Å². The highest BCUT2D eigenvalue weighted by Crippen LogP contribution is 2.21. The first-order valence-corrected chi connectivity index (χ1v) is 9.26. The van der Waals surface area contributed by atoms with E-state index in [1.807, 2.05) is 4.68 Å². The summed E-state index contributed by atoms with van der Waals surface area (Å²) in [7, 11) is 0. The number of anilines is 1. The van der Waals surface area contributed by atoms with Crippen molar-refractivity contribution in [3.8, 4) is 0 Å². The van der Waals surface area contributed by atoms with Crippen molar-refractivity contribution >= 4 is 22.9 Å². The van der Waals surface area contributed by atoms with Crippen LogP contribution in [0.15, 0.2) is 12.5 Å². The third-order valence-corrected chi connectivity index (χ3v) is 4.90. The van der Waals surface area contributed by atoms with Gasteiger partial charge in [0, 0.05) is 12.6 Å². The van der Waals surface area contributed by atoms with Crippen molar-refractivity contribution in [1.29, 1.82) is 0 Å². The Hall–Kier alpha value is -2.22. The standard InChI is InChI=1S/C17H25N7O/c25-17(21-13-5-6-13)22-15-14-11-20-24(16(14)19-12-18-15)10-9-23-7-3-1-2-4-8-23/h11-13H,1-10H2,(H2,18,19,21,22,25). The molecule has 8 nitrogen and oxygen atoms in total. The van der Waals surface area contributed by atoms with Gasteiger partial charge in [0.05, 0.1) is 18.1 Å². The van der Waals surface area contributed by atoms with E-state index in [4.69, 9.17) is 0 Å². The second-order valence-corrected chi connectivity index (χ2v) is 6.96. The van der Waals surface area contributed by atoms with Crippen molar-refractivity contribution in [2.24, 2.45) is 0 Å². The zero-order valence-corrected chi connectivity index (χ0v) is 14.4. The molecule has 1 saturated heterocycles. The summed E-state index contributed by atoms with van der Waals surface area (Å²) in [5.41, 5.74) is 0.770. The zero-order valence-electron chi connectivity index (χ0n) is 14.4. The Balaban J connectivity index is 1.43. The number of nitrogens with zero attached hydrogens (tertiary/aromatic N) is 5. The summed E-state index contributed by atoms with van der Waals surface area (Å²) in [6.45, 7) is 4.12. The lowest BCUT2D eigenvalue weighted by molar-refractivity contribution is 0.251. The van der Waals surface area contributed by atoms with Gasteiger partial charge in [0.25, 0.3) is 0 Å². The third-order valence-electron chi connectivity index (χ3n) is 4.90. The Bertz CT molecular complexity index is 732. The molecular weight excluding hydrogens is 318 g/mol. The molecule has 134 valence electrons. The number of carbonyl (C=O) groups excluding carboxylic acids is 1. The van der Waals surface area contributed by atoms with Crippen molar-refractivity contribution < 1.29 is 4.79 Å². The fourth-order valence-corrected chi connectivity index (χ4v) is 3.31. The Morgan fingerprint density at radius 3 is 2.68 bits per heavy atom. The van der Waals surface area contributed by atoms with Crippen LogP contribution in [-0.4, -0.2) is 56.4 Å². The molecule has 1 aliphatic heterocycles. The summed E-state index contributed by atoms with van der Waals surface area (Å²) < 4.78 is 1.91. The van der Waals surface area contributed by atoms with Crippen LogP contribution >= 0.6 is 0 Å². The van der Waals surface area contributed by atoms with Crippen molar-refractivity contribution in [1.82, 2.24) is 30.0 Å². The summed E-state index contributed by atoms with van der Waals surface area (Å²) in [5.74, 6) is 0.518. The first-order valence-electron chi connectivity index (χ1n) is 9.26. The first-order chi connectivity index (χ1) is 12.3. The number of rotatable bonds is 5. The van der Waals surface area contributed by atoms with Crippen LogP contribution in [0, 0.1) is 0 Å². The van der Waals surface area contributed by atoms with Crippen LogP contribution < -0.4 is 10.6 Å². The molecule has 2 aromatic heterocycles. The number of aromatic nitrogens is 4. The maximum atomic E-state index is 12.0. The zero-order chi connectivity index (χ0) is 17.1. The Kier molecular flexibility index (Phi) is 4.78. The minimum Gasteiger partial charge on any atom is -0.335 e. The van der Waals surface area contributed by atoms with Crippen molar-refractivity contribution in [3.05, 3.63) is 12.5 Å². The number of carbonyl (C=O) groups is 1. The molecule has 2 amide bonds. The molecule has 0 atom stereocenters. The SMILES string of the molecule is O=C(Nc1ncnc2c1cnn2CCN1CCCCCC1)NC1CC1. The summed E-state index contributed by atoms with van der Waals surface area (Å²) >= 11 is 0. The van der Waals surface area contributed by atoms with Gasteiger partial charge in [0.2, 0.25) is 0 Å². The van der Waals surface area contributed by atoms with Gasteiger partial charge in [-0.25, -0.2) is 19.4 Å². The molecule has 0 unspecified atom stereocenters. The van der Waals surface area contributed by atoms with E-state index in [0.717, 1.165) is 37.0 Å². The van der Waals surface area contributed by atoms with Crippen LogP contribution in [0.5, 0.6) is 0 Å². The van der Waals surface area contributed by atoms with E-state index in [2.05, 4.69) is 30.6 Å². The molecule has 8 heteroatoms. The second-order valence-electron chi connectivity index (χ2n) is 6.96. The Morgan fingerprint density at radius 2 is 1.92 bits per heavy atom. The monoisotopic (exact) mass is 343 g/mol.